The maximum Gasteiger partial charge on any atom is 0.0561 e. The molecule has 2 heteroatoms. The molecule has 0 aliphatic rings. The van der Waals surface area contributed by atoms with Gasteiger partial charge in [0.15, 0.2) is 0 Å². The highest BCUT2D eigenvalue weighted by atomic mass is 15.2. The first-order chi connectivity index (χ1) is 30.9. The van der Waals surface area contributed by atoms with Crippen molar-refractivity contribution in [3.63, 3.8) is 0 Å². The maximum atomic E-state index is 2.55. The van der Waals surface area contributed by atoms with Gasteiger partial charge >= 0.3 is 0 Å². The molecule has 10 aromatic carbocycles. The van der Waals surface area contributed by atoms with E-state index in [9.17, 15) is 0 Å². The van der Waals surface area contributed by atoms with Crippen molar-refractivity contribution in [2.75, 3.05) is 9.80 Å². The van der Waals surface area contributed by atoms with E-state index in [-0.39, 0.29) is 5.41 Å². The lowest BCUT2D eigenvalue weighted by molar-refractivity contribution is 0.591. The van der Waals surface area contributed by atoms with Gasteiger partial charge in [0.05, 0.1) is 11.4 Å². The summed E-state index contributed by atoms with van der Waals surface area (Å²) >= 11 is 0. The first-order valence-corrected chi connectivity index (χ1v) is 22.7. The van der Waals surface area contributed by atoms with Crippen molar-refractivity contribution < 1.29 is 0 Å². The van der Waals surface area contributed by atoms with E-state index in [1.807, 2.05) is 0 Å². The molecule has 10 rings (SSSR count). The zero-order valence-corrected chi connectivity index (χ0v) is 38.6. The molecule has 0 heterocycles. The second-order valence-electron chi connectivity index (χ2n) is 18.9. The van der Waals surface area contributed by atoms with Gasteiger partial charge in [0.1, 0.15) is 0 Å². The van der Waals surface area contributed by atoms with Crippen molar-refractivity contribution in [3.8, 4) is 22.3 Å². The van der Waals surface area contributed by atoms with E-state index in [0.717, 1.165) is 34.1 Å². The molecule has 0 N–H and O–H groups in total. The van der Waals surface area contributed by atoms with Gasteiger partial charge in [0.2, 0.25) is 0 Å². The topological polar surface area (TPSA) is 6.48 Å². The Hall–Kier alpha value is -7.16. The Morgan fingerprint density at radius 1 is 0.312 bits per heavy atom. The molecule has 0 amide bonds. The van der Waals surface area contributed by atoms with E-state index in [2.05, 4.69) is 248 Å². The van der Waals surface area contributed by atoms with Crippen LogP contribution in [0.1, 0.15) is 59.7 Å². The van der Waals surface area contributed by atoms with Gasteiger partial charge in [-0.3, -0.25) is 0 Å². The molecule has 0 aliphatic carbocycles. The van der Waals surface area contributed by atoms with Crippen LogP contribution in [-0.2, 0) is 5.41 Å². The molecule has 0 radical (unpaired) electrons. The average Bonchev–Trinajstić information content (AvgIpc) is 3.28. The smallest absolute Gasteiger partial charge is 0.0561 e. The van der Waals surface area contributed by atoms with Gasteiger partial charge in [-0.2, -0.15) is 0 Å². The molecule has 10 aromatic rings. The highest BCUT2D eigenvalue weighted by Gasteiger charge is 2.28. The lowest BCUT2D eigenvalue weighted by Crippen LogP contribution is -2.17. The zero-order chi connectivity index (χ0) is 44.4. The summed E-state index contributed by atoms with van der Waals surface area (Å²) in [5.74, 6) is 0. The second-order valence-corrected chi connectivity index (χ2v) is 18.9. The summed E-state index contributed by atoms with van der Waals surface area (Å²) in [6.45, 7) is 20.4. The van der Waals surface area contributed by atoms with E-state index >= 15 is 0 Å². The number of aryl methyl sites for hydroxylation is 6. The number of hydrogen-bond acceptors (Lipinski definition) is 2. The highest BCUT2D eigenvalue weighted by molar-refractivity contribution is 6.29. The number of para-hydroxylation sites is 2. The normalized spacial score (nSPS) is 11.8. The van der Waals surface area contributed by atoms with Crippen molar-refractivity contribution in [2.24, 2.45) is 0 Å². The van der Waals surface area contributed by atoms with Gasteiger partial charge < -0.3 is 9.80 Å². The monoisotopic (exact) mass is 828 g/mol. The van der Waals surface area contributed by atoms with Crippen molar-refractivity contribution in [2.45, 2.75) is 67.7 Å². The summed E-state index contributed by atoms with van der Waals surface area (Å²) in [4.78, 5) is 5.10. The standard InChI is InChI=1S/C62H56N2/c1-39-18-10-14-22-50(39)45-28-26-43(5)56(36-45)63(54-24-16-12-20-41(54)3)58-38-59(53-33-31-48-35-49(62(7,8)9)34-47-30-32-52(58)61(53)60(47)48)64(55-25-17-13-21-42(55)4)57-37-46(29-27-44(57)6)51-23-15-11-19-40(51)2/h10-38H,1-9H3. The fourth-order valence-corrected chi connectivity index (χ4v) is 9.92. The Bertz CT molecular complexity index is 3190. The highest BCUT2D eigenvalue weighted by Crippen LogP contribution is 2.52. The minimum atomic E-state index is 0.00332. The van der Waals surface area contributed by atoms with Crippen LogP contribution in [0.3, 0.4) is 0 Å². The van der Waals surface area contributed by atoms with Crippen molar-refractivity contribution >= 4 is 66.4 Å². The zero-order valence-electron chi connectivity index (χ0n) is 38.6. The predicted octanol–water partition coefficient (Wildman–Crippen LogP) is 18.0. The number of rotatable bonds is 8. The summed E-state index contributed by atoms with van der Waals surface area (Å²) in [6, 6.07) is 66.0. The molecule has 0 aromatic heterocycles. The summed E-state index contributed by atoms with van der Waals surface area (Å²) in [6.07, 6.45) is 0. The van der Waals surface area contributed by atoms with Gasteiger partial charge in [0.25, 0.3) is 0 Å². The second kappa shape index (κ2) is 15.9. The Kier molecular flexibility index (Phi) is 10.1. The quantitative estimate of drug-likeness (QED) is 0.141. The molecule has 314 valence electrons. The van der Waals surface area contributed by atoms with E-state index in [0.29, 0.717) is 0 Å². The Morgan fingerprint density at radius 2 is 0.703 bits per heavy atom. The Morgan fingerprint density at radius 3 is 1.11 bits per heavy atom. The number of nitrogens with zero attached hydrogens (tertiary/aromatic N) is 2. The lowest BCUT2D eigenvalue weighted by atomic mass is 9.83. The molecular formula is C62H56N2. The molecule has 0 aliphatic heterocycles. The molecule has 0 saturated heterocycles. The fourth-order valence-electron chi connectivity index (χ4n) is 9.92. The van der Waals surface area contributed by atoms with Crippen LogP contribution in [0, 0.1) is 41.5 Å². The summed E-state index contributed by atoms with van der Waals surface area (Å²) in [5.41, 5.74) is 20.5. The Labute approximate surface area is 379 Å². The van der Waals surface area contributed by atoms with Gasteiger partial charge in [0, 0.05) is 38.9 Å². The van der Waals surface area contributed by atoms with Crippen LogP contribution >= 0.6 is 0 Å². The molecule has 2 nitrogen and oxygen atoms in total. The summed E-state index contributed by atoms with van der Waals surface area (Å²) in [5, 5.41) is 7.56. The van der Waals surface area contributed by atoms with E-state index in [1.165, 1.54) is 93.5 Å². The minimum Gasteiger partial charge on any atom is -0.309 e. The fraction of sp³-hybridized carbons (Fsp3) is 0.161. The van der Waals surface area contributed by atoms with Crippen LogP contribution in [0.4, 0.5) is 34.1 Å². The van der Waals surface area contributed by atoms with Crippen LogP contribution in [0.15, 0.2) is 176 Å². The first-order valence-electron chi connectivity index (χ1n) is 22.7. The van der Waals surface area contributed by atoms with Crippen molar-refractivity contribution in [1.82, 2.24) is 0 Å². The van der Waals surface area contributed by atoms with Crippen molar-refractivity contribution in [3.05, 3.63) is 215 Å². The minimum absolute atomic E-state index is 0.00332. The van der Waals surface area contributed by atoms with Crippen molar-refractivity contribution in [1.29, 1.82) is 0 Å². The molecule has 0 saturated carbocycles. The van der Waals surface area contributed by atoms with Crippen LogP contribution in [0.5, 0.6) is 0 Å². The molecule has 64 heavy (non-hydrogen) atoms. The van der Waals surface area contributed by atoms with Gasteiger partial charge in [-0.15, -0.1) is 0 Å². The lowest BCUT2D eigenvalue weighted by Gasteiger charge is -2.35. The van der Waals surface area contributed by atoms with Gasteiger partial charge in [-0.05, 0) is 155 Å². The van der Waals surface area contributed by atoms with E-state index in [1.54, 1.807) is 0 Å². The number of hydrogen-bond donors (Lipinski definition) is 0. The third-order valence-corrected chi connectivity index (χ3v) is 13.5. The largest absolute Gasteiger partial charge is 0.309 e. The maximum absolute atomic E-state index is 2.55. The molecule has 0 unspecified atom stereocenters. The average molecular weight is 829 g/mol. The SMILES string of the molecule is Cc1ccccc1-c1ccc(C)c(N(c2ccccc2C)c2cc(N(c3ccccc3C)c3cc(-c4ccccc4C)ccc3C)c3ccc4cc(C(C)(C)C)cc5ccc2c3c54)c1. The molecule has 0 bridgehead atoms. The number of anilines is 6. The Balaban J connectivity index is 1.37. The van der Waals surface area contributed by atoms with Gasteiger partial charge in [-0.1, -0.05) is 166 Å². The summed E-state index contributed by atoms with van der Waals surface area (Å²) in [7, 11) is 0. The van der Waals surface area contributed by atoms with Crippen LogP contribution in [-0.4, -0.2) is 0 Å². The van der Waals surface area contributed by atoms with E-state index < -0.39 is 0 Å². The molecule has 0 atom stereocenters. The van der Waals surface area contributed by atoms with Crippen LogP contribution in [0.25, 0.3) is 54.6 Å². The molecule has 0 fully saturated rings. The van der Waals surface area contributed by atoms with Gasteiger partial charge in [-0.25, -0.2) is 0 Å². The first kappa shape index (κ1) is 40.9. The molecule has 0 spiro atoms. The van der Waals surface area contributed by atoms with Crippen LogP contribution < -0.4 is 9.80 Å². The van der Waals surface area contributed by atoms with E-state index in [4.69, 9.17) is 0 Å². The molecular weight excluding hydrogens is 773 g/mol. The van der Waals surface area contributed by atoms with Crippen LogP contribution in [0.2, 0.25) is 0 Å². The predicted molar refractivity (Wildman–Crippen MR) is 278 cm³/mol. The third kappa shape index (κ3) is 6.99. The summed E-state index contributed by atoms with van der Waals surface area (Å²) < 4.78 is 0. The number of benzene rings is 10. The third-order valence-electron chi connectivity index (χ3n) is 13.5.